The maximum absolute atomic E-state index is 13.2. The zero-order chi connectivity index (χ0) is 33.8. The standard InChI is InChI=1S/C30H49N3O5.C6H12FNO/c31-29(8-2-1-3-9-29)10-6-7-25(35)37-22-27(11-12-27)23-38-26(36)28-13-16-30(17-14-28,18-15-28)32-21-24(34)33-19-4-5-20-33;1-2-3-6(7)4-8-5-9/h32H,1-23,31H2;5-6H,2-4H2,1H3,(H,8,9). The number of nitrogens with zero attached hydrogens (tertiary/aromatic N) is 1. The monoisotopic (exact) mass is 664 g/mol. The summed E-state index contributed by atoms with van der Waals surface area (Å²) >= 11 is 0. The number of halogens is 1. The van der Waals surface area contributed by atoms with Gasteiger partial charge in [-0.2, -0.15) is 0 Å². The van der Waals surface area contributed by atoms with Crippen molar-refractivity contribution >= 4 is 24.3 Å². The highest BCUT2D eigenvalue weighted by atomic mass is 19.1. The fourth-order valence-corrected chi connectivity index (χ4v) is 7.97. The number of ether oxygens (including phenoxy) is 2. The van der Waals surface area contributed by atoms with Gasteiger partial charge in [-0.3, -0.25) is 19.2 Å². The quantitative estimate of drug-likeness (QED) is 0.148. The lowest BCUT2D eigenvalue weighted by Gasteiger charge is -2.52. The van der Waals surface area contributed by atoms with E-state index < -0.39 is 6.17 Å². The first-order valence-electron chi connectivity index (χ1n) is 18.5. The summed E-state index contributed by atoms with van der Waals surface area (Å²) in [4.78, 5) is 49.7. The van der Waals surface area contributed by atoms with E-state index in [0.717, 1.165) is 109 Å². The van der Waals surface area contributed by atoms with Crippen molar-refractivity contribution in [2.24, 2.45) is 16.6 Å². The van der Waals surface area contributed by atoms with Gasteiger partial charge in [0.05, 0.1) is 12.0 Å². The minimum Gasteiger partial charge on any atom is -0.465 e. The lowest BCUT2D eigenvalue weighted by atomic mass is 9.57. The molecule has 1 aliphatic heterocycles. The van der Waals surface area contributed by atoms with Crippen molar-refractivity contribution in [1.82, 2.24) is 15.5 Å². The summed E-state index contributed by atoms with van der Waals surface area (Å²) in [6.45, 7) is 4.94. The molecule has 5 aliphatic carbocycles. The Morgan fingerprint density at radius 2 is 1.53 bits per heavy atom. The molecule has 6 fully saturated rings. The molecule has 0 spiro atoms. The van der Waals surface area contributed by atoms with Crippen LogP contribution < -0.4 is 16.4 Å². The Balaban J connectivity index is 0.000000488. The van der Waals surface area contributed by atoms with Crippen LogP contribution in [-0.4, -0.2) is 85.8 Å². The van der Waals surface area contributed by atoms with Crippen LogP contribution in [0.25, 0.3) is 0 Å². The lowest BCUT2D eigenvalue weighted by molar-refractivity contribution is -0.167. The number of nitrogens with one attached hydrogen (secondary N) is 2. The molecule has 0 radical (unpaired) electrons. The second-order valence-electron chi connectivity index (χ2n) is 15.4. The van der Waals surface area contributed by atoms with E-state index in [-0.39, 0.29) is 46.3 Å². The molecule has 4 N–H and O–H groups in total. The number of likely N-dealkylation sites (tertiary alicyclic amines) is 1. The van der Waals surface area contributed by atoms with Gasteiger partial charge in [-0.05, 0) is 96.3 Å². The summed E-state index contributed by atoms with van der Waals surface area (Å²) in [6.07, 6.45) is 18.2. The molecule has 1 heterocycles. The molecule has 10 nitrogen and oxygen atoms in total. The maximum Gasteiger partial charge on any atom is 0.312 e. The summed E-state index contributed by atoms with van der Waals surface area (Å²) in [5.74, 6) is -0.0221. The van der Waals surface area contributed by atoms with E-state index in [0.29, 0.717) is 39.0 Å². The van der Waals surface area contributed by atoms with Gasteiger partial charge < -0.3 is 30.7 Å². The van der Waals surface area contributed by atoms with Gasteiger partial charge in [-0.1, -0.05) is 32.6 Å². The number of carbonyl (C=O) groups is 4. The fourth-order valence-electron chi connectivity index (χ4n) is 7.97. The van der Waals surface area contributed by atoms with Crippen molar-refractivity contribution in [3.8, 4) is 0 Å². The molecule has 268 valence electrons. The Hall–Kier alpha value is -2.27. The molecule has 6 aliphatic rings. The molecular formula is C36H61FN4O6. The summed E-state index contributed by atoms with van der Waals surface area (Å²) in [5.41, 5.74) is 5.81. The van der Waals surface area contributed by atoms with E-state index in [1.165, 1.54) is 19.3 Å². The van der Waals surface area contributed by atoms with Crippen molar-refractivity contribution in [3.63, 3.8) is 0 Å². The maximum atomic E-state index is 13.2. The number of rotatable bonds is 17. The van der Waals surface area contributed by atoms with Gasteiger partial charge in [0.15, 0.2) is 0 Å². The molecule has 0 aromatic carbocycles. The first kappa shape index (κ1) is 37.5. The number of esters is 2. The van der Waals surface area contributed by atoms with Crippen LogP contribution in [0.3, 0.4) is 0 Å². The Morgan fingerprint density at radius 1 is 0.894 bits per heavy atom. The third kappa shape index (κ3) is 11.1. The van der Waals surface area contributed by atoms with Crippen LogP contribution in [0.5, 0.6) is 0 Å². The zero-order valence-corrected chi connectivity index (χ0v) is 28.9. The van der Waals surface area contributed by atoms with Gasteiger partial charge >= 0.3 is 11.9 Å². The molecule has 2 bridgehead atoms. The normalized spacial score (nSPS) is 27.6. The van der Waals surface area contributed by atoms with Crippen LogP contribution in [0.4, 0.5) is 4.39 Å². The third-order valence-electron chi connectivity index (χ3n) is 11.7. The smallest absolute Gasteiger partial charge is 0.312 e. The Morgan fingerprint density at radius 3 is 2.13 bits per heavy atom. The number of nitrogens with two attached hydrogens (primary N) is 1. The first-order valence-corrected chi connectivity index (χ1v) is 18.5. The van der Waals surface area contributed by atoms with Crippen LogP contribution in [0.2, 0.25) is 0 Å². The van der Waals surface area contributed by atoms with Gasteiger partial charge in [0.25, 0.3) is 0 Å². The molecule has 6 rings (SSSR count). The molecular weight excluding hydrogens is 603 g/mol. The third-order valence-corrected chi connectivity index (χ3v) is 11.7. The van der Waals surface area contributed by atoms with E-state index in [9.17, 15) is 23.6 Å². The fraction of sp³-hybridized carbons (Fsp3) is 0.889. The molecule has 11 heteroatoms. The molecule has 5 saturated carbocycles. The Bertz CT molecular complexity index is 1020. The topological polar surface area (TPSA) is 140 Å². The molecule has 47 heavy (non-hydrogen) atoms. The Labute approximate surface area is 281 Å². The van der Waals surface area contributed by atoms with Crippen LogP contribution >= 0.6 is 0 Å². The molecule has 1 unspecified atom stereocenters. The van der Waals surface area contributed by atoms with Crippen LogP contribution in [0.15, 0.2) is 0 Å². The van der Waals surface area contributed by atoms with Gasteiger partial charge in [-0.25, -0.2) is 4.39 Å². The van der Waals surface area contributed by atoms with Crippen LogP contribution in [-0.2, 0) is 28.7 Å². The van der Waals surface area contributed by atoms with Crippen molar-refractivity contribution in [2.45, 2.75) is 153 Å². The van der Waals surface area contributed by atoms with Gasteiger partial charge in [0.1, 0.15) is 19.4 Å². The van der Waals surface area contributed by atoms with Crippen molar-refractivity contribution in [2.75, 3.05) is 39.4 Å². The van der Waals surface area contributed by atoms with Crippen LogP contribution in [0, 0.1) is 10.8 Å². The molecule has 2 amide bonds. The summed E-state index contributed by atoms with van der Waals surface area (Å²) in [6, 6.07) is 0. The number of hydrogen-bond acceptors (Lipinski definition) is 8. The van der Waals surface area contributed by atoms with Gasteiger partial charge in [0, 0.05) is 42.5 Å². The summed E-state index contributed by atoms with van der Waals surface area (Å²) in [7, 11) is 0. The second-order valence-corrected chi connectivity index (χ2v) is 15.4. The Kier molecular flexibility index (Phi) is 13.9. The van der Waals surface area contributed by atoms with E-state index in [1.807, 2.05) is 11.8 Å². The summed E-state index contributed by atoms with van der Waals surface area (Å²) < 4.78 is 23.9. The first-order chi connectivity index (χ1) is 22.6. The molecule has 0 aromatic rings. The van der Waals surface area contributed by atoms with Crippen molar-refractivity contribution in [3.05, 3.63) is 0 Å². The molecule has 0 aromatic heterocycles. The molecule has 1 saturated heterocycles. The van der Waals surface area contributed by atoms with E-state index >= 15 is 0 Å². The lowest BCUT2D eigenvalue weighted by Crippen LogP contribution is -2.58. The van der Waals surface area contributed by atoms with Gasteiger partial charge in [0.2, 0.25) is 12.3 Å². The minimum absolute atomic E-state index is 0.0101. The highest BCUT2D eigenvalue weighted by Crippen LogP contribution is 2.54. The minimum atomic E-state index is -0.875. The average molecular weight is 665 g/mol. The van der Waals surface area contributed by atoms with E-state index in [2.05, 4.69) is 10.6 Å². The number of hydrogen-bond donors (Lipinski definition) is 3. The van der Waals surface area contributed by atoms with E-state index in [4.69, 9.17) is 15.2 Å². The summed E-state index contributed by atoms with van der Waals surface area (Å²) in [5, 5.41) is 5.86. The van der Waals surface area contributed by atoms with E-state index in [1.54, 1.807) is 0 Å². The SMILES string of the molecule is CCCC(F)CNC=O.NC1(CCCC(=O)OCC2(COC(=O)C34CCC(NCC(=O)N5CCCC5)(CC3)CC4)CC2)CCCCC1. The van der Waals surface area contributed by atoms with Crippen LogP contribution in [0.1, 0.15) is 135 Å². The van der Waals surface area contributed by atoms with Gasteiger partial charge in [-0.15, -0.1) is 0 Å². The predicted molar refractivity (Wildman–Crippen MR) is 178 cm³/mol. The largest absolute Gasteiger partial charge is 0.465 e. The predicted octanol–water partition coefficient (Wildman–Crippen LogP) is 4.86. The second kappa shape index (κ2) is 17.4. The van der Waals surface area contributed by atoms with Crippen molar-refractivity contribution in [1.29, 1.82) is 0 Å². The van der Waals surface area contributed by atoms with Crippen molar-refractivity contribution < 1.29 is 33.0 Å². The number of alkyl halides is 1. The molecule has 1 atom stereocenters. The highest BCUT2D eigenvalue weighted by molar-refractivity contribution is 5.79. The highest BCUT2D eigenvalue weighted by Gasteiger charge is 2.54. The number of carbonyl (C=O) groups excluding carboxylic acids is 4. The number of amides is 2. The average Bonchev–Trinajstić information content (AvgIpc) is 3.64. The number of fused-ring (bicyclic) bond motifs is 3. The zero-order valence-electron chi connectivity index (χ0n) is 28.9.